The van der Waals surface area contributed by atoms with Crippen LogP contribution in [0, 0.1) is 0 Å². The lowest BCUT2D eigenvalue weighted by atomic mass is 10.0. The van der Waals surface area contributed by atoms with Gasteiger partial charge >= 0.3 is 0 Å². The van der Waals surface area contributed by atoms with E-state index >= 15 is 0 Å². The first-order valence-electron chi connectivity index (χ1n) is 12.6. The summed E-state index contributed by atoms with van der Waals surface area (Å²) in [5.41, 5.74) is 2.64. The Morgan fingerprint density at radius 3 is 2.39 bits per heavy atom. The van der Waals surface area contributed by atoms with Crippen molar-refractivity contribution in [1.82, 2.24) is 10.2 Å². The molecule has 1 atom stereocenters. The van der Waals surface area contributed by atoms with E-state index in [1.165, 1.54) is 4.90 Å². The molecule has 1 aliphatic heterocycles. The molecular weight excluding hydrogens is 478 g/mol. The van der Waals surface area contributed by atoms with Crippen molar-refractivity contribution in [1.29, 1.82) is 0 Å². The van der Waals surface area contributed by atoms with Gasteiger partial charge in [0.15, 0.2) is 6.61 Å². The molecule has 0 unspecified atom stereocenters. The van der Waals surface area contributed by atoms with Gasteiger partial charge in [-0.25, -0.2) is 0 Å². The van der Waals surface area contributed by atoms with E-state index < -0.39 is 6.04 Å². The second kappa shape index (κ2) is 12.1. The minimum atomic E-state index is -0.698. The smallest absolute Gasteiger partial charge is 0.261 e. The summed E-state index contributed by atoms with van der Waals surface area (Å²) in [6, 6.07) is 32.2. The molecule has 1 N–H and O–H groups in total. The number of para-hydroxylation sites is 1. The SMILES string of the molecule is O=C(NCc1cccc2ccccc12)[C@@H]1C/C(=N\OCc2ccccc2)CN1C(=O)COc1ccccc1. The third kappa shape index (κ3) is 6.18. The van der Waals surface area contributed by atoms with E-state index in [4.69, 9.17) is 9.57 Å². The highest BCUT2D eigenvalue weighted by atomic mass is 16.6. The normalized spacial score (nSPS) is 15.9. The topological polar surface area (TPSA) is 80.2 Å². The number of carbonyl (C=O) groups is 2. The lowest BCUT2D eigenvalue weighted by Crippen LogP contribution is -2.47. The molecule has 5 rings (SSSR count). The van der Waals surface area contributed by atoms with Crippen molar-refractivity contribution < 1.29 is 19.2 Å². The quantitative estimate of drug-likeness (QED) is 0.333. The second-order valence-corrected chi connectivity index (χ2v) is 9.12. The van der Waals surface area contributed by atoms with E-state index in [2.05, 4.69) is 10.5 Å². The number of oxime groups is 1. The van der Waals surface area contributed by atoms with Crippen LogP contribution in [-0.2, 0) is 27.6 Å². The van der Waals surface area contributed by atoms with E-state index in [1.807, 2.05) is 91.0 Å². The molecule has 1 fully saturated rings. The summed E-state index contributed by atoms with van der Waals surface area (Å²) >= 11 is 0. The number of rotatable bonds is 9. The summed E-state index contributed by atoms with van der Waals surface area (Å²) in [5, 5.41) is 9.48. The van der Waals surface area contributed by atoms with Gasteiger partial charge in [-0.2, -0.15) is 0 Å². The van der Waals surface area contributed by atoms with Gasteiger partial charge in [-0.05, 0) is 34.0 Å². The Balaban J connectivity index is 1.27. The Kier molecular flexibility index (Phi) is 7.94. The molecule has 0 radical (unpaired) electrons. The van der Waals surface area contributed by atoms with Gasteiger partial charge in [-0.1, -0.05) is 96.2 Å². The minimum absolute atomic E-state index is 0.171. The molecule has 0 spiro atoms. The summed E-state index contributed by atoms with van der Waals surface area (Å²) in [6.45, 7) is 0.705. The van der Waals surface area contributed by atoms with Gasteiger partial charge < -0.3 is 19.8 Å². The molecule has 4 aromatic rings. The first kappa shape index (κ1) is 25.0. The number of likely N-dealkylation sites (tertiary alicyclic amines) is 1. The predicted molar refractivity (Wildman–Crippen MR) is 147 cm³/mol. The van der Waals surface area contributed by atoms with Crippen LogP contribution in [0.1, 0.15) is 17.5 Å². The maximum Gasteiger partial charge on any atom is 0.261 e. The van der Waals surface area contributed by atoms with Crippen LogP contribution in [0.15, 0.2) is 108 Å². The maximum absolute atomic E-state index is 13.3. The van der Waals surface area contributed by atoms with Crippen LogP contribution in [0.4, 0.5) is 0 Å². The fourth-order valence-corrected chi connectivity index (χ4v) is 4.53. The number of amides is 2. The number of nitrogens with one attached hydrogen (secondary N) is 1. The van der Waals surface area contributed by atoms with Gasteiger partial charge in [0.05, 0.1) is 12.3 Å². The predicted octanol–water partition coefficient (Wildman–Crippen LogP) is 4.71. The van der Waals surface area contributed by atoms with Gasteiger partial charge in [0.1, 0.15) is 18.4 Å². The zero-order chi connectivity index (χ0) is 26.2. The van der Waals surface area contributed by atoms with Crippen LogP contribution in [0.3, 0.4) is 0 Å². The largest absolute Gasteiger partial charge is 0.484 e. The Morgan fingerprint density at radius 2 is 1.58 bits per heavy atom. The number of nitrogens with zero attached hydrogens (tertiary/aromatic N) is 2. The monoisotopic (exact) mass is 507 g/mol. The average molecular weight is 508 g/mol. The van der Waals surface area contributed by atoms with Crippen molar-refractivity contribution in [3.05, 3.63) is 114 Å². The number of hydrogen-bond acceptors (Lipinski definition) is 5. The molecule has 38 heavy (non-hydrogen) atoms. The van der Waals surface area contributed by atoms with Crippen LogP contribution in [0.5, 0.6) is 5.75 Å². The van der Waals surface area contributed by atoms with Crippen molar-refractivity contribution in [3.8, 4) is 5.75 Å². The molecule has 7 heteroatoms. The van der Waals surface area contributed by atoms with Gasteiger partial charge in [0.25, 0.3) is 5.91 Å². The third-order valence-corrected chi connectivity index (χ3v) is 6.49. The van der Waals surface area contributed by atoms with Gasteiger partial charge in [-0.3, -0.25) is 9.59 Å². The Morgan fingerprint density at radius 1 is 0.868 bits per heavy atom. The summed E-state index contributed by atoms with van der Waals surface area (Å²) in [6.07, 6.45) is 0.299. The summed E-state index contributed by atoms with van der Waals surface area (Å²) in [4.78, 5) is 33.6. The van der Waals surface area contributed by atoms with Crippen molar-refractivity contribution in [2.75, 3.05) is 13.2 Å². The lowest BCUT2D eigenvalue weighted by molar-refractivity contribution is -0.139. The summed E-state index contributed by atoms with van der Waals surface area (Å²) in [7, 11) is 0. The Labute approximate surface area is 221 Å². The van der Waals surface area contributed by atoms with E-state index in [9.17, 15) is 9.59 Å². The second-order valence-electron chi connectivity index (χ2n) is 9.12. The molecule has 1 heterocycles. The van der Waals surface area contributed by atoms with E-state index in [0.717, 1.165) is 21.9 Å². The zero-order valence-corrected chi connectivity index (χ0v) is 21.0. The van der Waals surface area contributed by atoms with Crippen LogP contribution in [-0.4, -0.2) is 41.6 Å². The standard InChI is InChI=1S/C31H29N3O4/c35-30(22-37-27-15-5-2-6-16-27)34-20-26(33-38-21-23-10-3-1-4-11-23)18-29(34)31(36)32-19-25-14-9-13-24-12-7-8-17-28(24)25/h1-17,29H,18-22H2,(H,32,36)/b33-26+/t29-/m0/s1. The molecule has 1 saturated heterocycles. The molecule has 4 aromatic carbocycles. The molecule has 1 aliphatic rings. The minimum Gasteiger partial charge on any atom is -0.484 e. The highest BCUT2D eigenvalue weighted by Crippen LogP contribution is 2.21. The van der Waals surface area contributed by atoms with Crippen LogP contribution >= 0.6 is 0 Å². The average Bonchev–Trinajstić information content (AvgIpc) is 3.40. The molecular formula is C31H29N3O4. The van der Waals surface area contributed by atoms with Crippen LogP contribution in [0.2, 0.25) is 0 Å². The number of carbonyl (C=O) groups excluding carboxylic acids is 2. The number of fused-ring (bicyclic) bond motifs is 1. The van der Waals surface area contributed by atoms with Crippen LogP contribution < -0.4 is 10.1 Å². The number of benzene rings is 4. The molecule has 2 amide bonds. The Bertz CT molecular complexity index is 1420. The lowest BCUT2D eigenvalue weighted by Gasteiger charge is -2.23. The molecule has 0 bridgehead atoms. The van der Waals surface area contributed by atoms with Gasteiger partial charge in [0, 0.05) is 13.0 Å². The number of hydrogen-bond donors (Lipinski definition) is 1. The summed E-state index contributed by atoms with van der Waals surface area (Å²) < 4.78 is 5.67. The molecule has 0 aromatic heterocycles. The third-order valence-electron chi connectivity index (χ3n) is 6.49. The fraction of sp³-hybridized carbons (Fsp3) is 0.194. The van der Waals surface area contributed by atoms with E-state index in [0.29, 0.717) is 31.0 Å². The van der Waals surface area contributed by atoms with E-state index in [1.54, 1.807) is 12.1 Å². The first-order chi connectivity index (χ1) is 18.7. The zero-order valence-electron chi connectivity index (χ0n) is 21.0. The Hall–Kier alpha value is -4.65. The van der Waals surface area contributed by atoms with Crippen molar-refractivity contribution in [3.63, 3.8) is 0 Å². The van der Waals surface area contributed by atoms with E-state index in [-0.39, 0.29) is 25.0 Å². The van der Waals surface area contributed by atoms with Crippen molar-refractivity contribution >= 4 is 28.3 Å². The van der Waals surface area contributed by atoms with Crippen molar-refractivity contribution in [2.45, 2.75) is 25.6 Å². The highest BCUT2D eigenvalue weighted by molar-refractivity contribution is 6.01. The molecule has 7 nitrogen and oxygen atoms in total. The number of ether oxygens (including phenoxy) is 1. The van der Waals surface area contributed by atoms with Crippen LogP contribution in [0.25, 0.3) is 10.8 Å². The highest BCUT2D eigenvalue weighted by Gasteiger charge is 2.38. The summed E-state index contributed by atoms with van der Waals surface area (Å²) in [5.74, 6) is 0.0729. The molecule has 0 saturated carbocycles. The van der Waals surface area contributed by atoms with Gasteiger partial charge in [-0.15, -0.1) is 0 Å². The first-order valence-corrected chi connectivity index (χ1v) is 12.6. The van der Waals surface area contributed by atoms with Gasteiger partial charge in [0.2, 0.25) is 5.91 Å². The molecule has 192 valence electrons. The molecule has 0 aliphatic carbocycles. The fourth-order valence-electron chi connectivity index (χ4n) is 4.53. The van der Waals surface area contributed by atoms with Crippen molar-refractivity contribution in [2.24, 2.45) is 5.16 Å². The maximum atomic E-state index is 13.3.